The number of nitrogens with zero attached hydrogens (tertiary/aromatic N) is 1. The Morgan fingerprint density at radius 3 is 1.83 bits per heavy atom. The molecule has 0 amide bonds. The summed E-state index contributed by atoms with van der Waals surface area (Å²) in [5.74, 6) is -0.250. The van der Waals surface area contributed by atoms with Crippen molar-refractivity contribution in [1.29, 1.82) is 0 Å². The lowest BCUT2D eigenvalue weighted by Gasteiger charge is -2.15. The van der Waals surface area contributed by atoms with Gasteiger partial charge in [0.05, 0.1) is 4.51 Å². The fourth-order valence-corrected chi connectivity index (χ4v) is 3.73. The molecule has 0 saturated carbocycles. The van der Waals surface area contributed by atoms with Gasteiger partial charge in [-0.25, -0.2) is 0 Å². The van der Waals surface area contributed by atoms with Gasteiger partial charge in [0.2, 0.25) is 0 Å². The van der Waals surface area contributed by atoms with Crippen LogP contribution in [0.15, 0.2) is 54.9 Å². The number of aryl methyl sites for hydroxylation is 3. The lowest BCUT2D eigenvalue weighted by Crippen LogP contribution is -2.16. The van der Waals surface area contributed by atoms with Crippen molar-refractivity contribution < 1.29 is 17.9 Å². The molecule has 3 aromatic rings. The topological polar surface area (TPSA) is 14.2 Å². The van der Waals surface area contributed by atoms with Crippen LogP contribution in [0.4, 0.5) is 13.2 Å². The summed E-state index contributed by atoms with van der Waals surface area (Å²) in [6.07, 6.45) is 1.14. The Balaban J connectivity index is 2.11. The third-order valence-corrected chi connectivity index (χ3v) is 5.46. The van der Waals surface area contributed by atoms with Crippen molar-refractivity contribution >= 4 is 12.2 Å². The van der Waals surface area contributed by atoms with E-state index in [9.17, 15) is 13.2 Å². The predicted octanol–water partition coefficient (Wildman–Crippen LogP) is 7.59. The lowest BCUT2D eigenvalue weighted by atomic mass is 9.96. The zero-order chi connectivity index (χ0) is 21.9. The fraction of sp³-hybridized carbons (Fsp3) is 0.292. The van der Waals surface area contributed by atoms with E-state index in [-0.39, 0.29) is 5.75 Å². The van der Waals surface area contributed by atoms with E-state index in [2.05, 4.69) is 36.8 Å². The quantitative estimate of drug-likeness (QED) is 0.373. The Labute approximate surface area is 179 Å². The minimum absolute atomic E-state index is 0.250. The lowest BCUT2D eigenvalue weighted by molar-refractivity contribution is -0.274. The average molecular weight is 432 g/mol. The van der Waals surface area contributed by atoms with Crippen molar-refractivity contribution in [3.63, 3.8) is 0 Å². The van der Waals surface area contributed by atoms with E-state index < -0.39 is 6.36 Å². The van der Waals surface area contributed by atoms with Crippen LogP contribution in [0, 0.1) is 4.51 Å². The molecule has 1 heterocycles. The van der Waals surface area contributed by atoms with Crippen molar-refractivity contribution in [2.45, 2.75) is 46.5 Å². The van der Waals surface area contributed by atoms with Crippen LogP contribution in [0.5, 0.6) is 5.75 Å². The number of hydrogen-bond donors (Lipinski definition) is 0. The molecule has 158 valence electrons. The molecule has 2 aromatic carbocycles. The first-order valence-electron chi connectivity index (χ1n) is 9.97. The second-order valence-electron chi connectivity index (χ2n) is 7.06. The summed E-state index contributed by atoms with van der Waals surface area (Å²) in [6, 6.07) is 12.4. The van der Waals surface area contributed by atoms with Crippen LogP contribution in [-0.4, -0.2) is 10.9 Å². The summed E-state index contributed by atoms with van der Waals surface area (Å²) in [6.45, 7) is 7.04. The van der Waals surface area contributed by atoms with E-state index in [4.69, 9.17) is 12.2 Å². The molecule has 0 aliphatic rings. The number of ether oxygens (including phenoxy) is 1. The largest absolute Gasteiger partial charge is 0.573 e. The highest BCUT2D eigenvalue weighted by molar-refractivity contribution is 7.71. The summed E-state index contributed by atoms with van der Waals surface area (Å²) in [7, 11) is 0. The minimum atomic E-state index is -4.71. The van der Waals surface area contributed by atoms with Gasteiger partial charge in [0, 0.05) is 30.1 Å². The summed E-state index contributed by atoms with van der Waals surface area (Å²) < 4.78 is 44.1. The zero-order valence-corrected chi connectivity index (χ0v) is 18.0. The van der Waals surface area contributed by atoms with Gasteiger partial charge in [-0.1, -0.05) is 56.4 Å². The summed E-state index contributed by atoms with van der Waals surface area (Å²) in [4.78, 5) is 0. The van der Waals surface area contributed by atoms with Crippen molar-refractivity contribution in [2.75, 3.05) is 0 Å². The van der Waals surface area contributed by atoms with Gasteiger partial charge in [0.1, 0.15) is 5.75 Å². The SMILES string of the molecule is CCc1cc(CC)cc(-c2cn(CC)cc(-c3ccc(OC(F)(F)F)cc3)c2=S)c1. The summed E-state index contributed by atoms with van der Waals surface area (Å²) in [5, 5.41) is 0. The molecule has 3 rings (SSSR count). The average Bonchev–Trinajstić information content (AvgIpc) is 2.73. The van der Waals surface area contributed by atoms with Gasteiger partial charge in [-0.3, -0.25) is 0 Å². The predicted molar refractivity (Wildman–Crippen MR) is 117 cm³/mol. The highest BCUT2D eigenvalue weighted by Gasteiger charge is 2.31. The van der Waals surface area contributed by atoms with Gasteiger partial charge in [-0.05, 0) is 54.2 Å². The van der Waals surface area contributed by atoms with Crippen molar-refractivity contribution in [1.82, 2.24) is 4.57 Å². The second kappa shape index (κ2) is 9.04. The Hall–Kier alpha value is -2.60. The van der Waals surface area contributed by atoms with Crippen LogP contribution in [0.25, 0.3) is 22.3 Å². The molecule has 0 bridgehead atoms. The summed E-state index contributed by atoms with van der Waals surface area (Å²) in [5.41, 5.74) is 6.08. The first-order chi connectivity index (χ1) is 14.2. The highest BCUT2D eigenvalue weighted by atomic mass is 32.1. The number of benzene rings is 2. The highest BCUT2D eigenvalue weighted by Crippen LogP contribution is 2.32. The number of hydrogen-bond acceptors (Lipinski definition) is 2. The maximum atomic E-state index is 12.4. The van der Waals surface area contributed by atoms with Gasteiger partial charge in [-0.15, -0.1) is 13.2 Å². The molecule has 0 N–H and O–H groups in total. The van der Waals surface area contributed by atoms with Gasteiger partial charge in [0.25, 0.3) is 0 Å². The molecule has 0 unspecified atom stereocenters. The molecule has 0 spiro atoms. The number of rotatable bonds is 6. The van der Waals surface area contributed by atoms with E-state index in [0.29, 0.717) is 4.51 Å². The van der Waals surface area contributed by atoms with E-state index >= 15 is 0 Å². The molecule has 2 nitrogen and oxygen atoms in total. The number of alkyl halides is 3. The molecule has 1 aromatic heterocycles. The van der Waals surface area contributed by atoms with Crippen LogP contribution >= 0.6 is 12.2 Å². The molecule has 0 aliphatic heterocycles. The van der Waals surface area contributed by atoms with Crippen molar-refractivity contribution in [3.8, 4) is 28.0 Å². The standard InChI is InChI=1S/C24H24F3NOS/c1-4-16-11-17(5-2)13-19(12-16)22-15-28(6-3)14-21(23(22)30)18-7-9-20(10-8-18)29-24(25,26)27/h7-15H,4-6H2,1-3H3. The normalized spacial score (nSPS) is 11.5. The van der Waals surface area contributed by atoms with Crippen LogP contribution in [0.3, 0.4) is 0 Å². The third-order valence-electron chi connectivity index (χ3n) is 5.02. The van der Waals surface area contributed by atoms with Crippen LogP contribution in [-0.2, 0) is 19.4 Å². The first-order valence-corrected chi connectivity index (χ1v) is 10.4. The third kappa shape index (κ3) is 5.11. The Kier molecular flexibility index (Phi) is 6.66. The zero-order valence-electron chi connectivity index (χ0n) is 17.2. The molecule has 0 radical (unpaired) electrons. The second-order valence-corrected chi connectivity index (χ2v) is 7.47. The maximum Gasteiger partial charge on any atom is 0.573 e. The molecular formula is C24H24F3NOS. The fourth-order valence-electron chi connectivity index (χ4n) is 3.39. The van der Waals surface area contributed by atoms with Crippen molar-refractivity contribution in [3.05, 3.63) is 70.5 Å². The Bertz CT molecular complexity index is 1060. The molecule has 0 atom stereocenters. The van der Waals surface area contributed by atoms with E-state index in [1.807, 2.05) is 23.9 Å². The van der Waals surface area contributed by atoms with Crippen LogP contribution in [0.1, 0.15) is 31.9 Å². The van der Waals surface area contributed by atoms with E-state index in [0.717, 1.165) is 41.6 Å². The van der Waals surface area contributed by atoms with Gasteiger partial charge < -0.3 is 9.30 Å². The van der Waals surface area contributed by atoms with Crippen molar-refractivity contribution in [2.24, 2.45) is 0 Å². The molecule has 6 heteroatoms. The molecular weight excluding hydrogens is 407 g/mol. The molecule has 30 heavy (non-hydrogen) atoms. The Morgan fingerprint density at radius 1 is 0.833 bits per heavy atom. The molecule has 0 saturated heterocycles. The van der Waals surface area contributed by atoms with Gasteiger partial charge in [-0.2, -0.15) is 0 Å². The van der Waals surface area contributed by atoms with E-state index in [1.165, 1.54) is 23.3 Å². The number of pyridine rings is 1. The maximum absolute atomic E-state index is 12.4. The molecule has 0 aliphatic carbocycles. The van der Waals surface area contributed by atoms with Crippen LogP contribution in [0.2, 0.25) is 0 Å². The number of aromatic nitrogens is 1. The summed E-state index contributed by atoms with van der Waals surface area (Å²) >= 11 is 5.82. The van der Waals surface area contributed by atoms with Gasteiger partial charge >= 0.3 is 6.36 Å². The monoisotopic (exact) mass is 431 g/mol. The first kappa shape index (κ1) is 22.1. The molecule has 0 fully saturated rings. The van der Waals surface area contributed by atoms with Gasteiger partial charge in [0.15, 0.2) is 0 Å². The van der Waals surface area contributed by atoms with Crippen LogP contribution < -0.4 is 4.74 Å². The Morgan fingerprint density at radius 2 is 1.37 bits per heavy atom. The van der Waals surface area contributed by atoms with E-state index in [1.54, 1.807) is 12.1 Å². The smallest absolute Gasteiger partial charge is 0.406 e. The minimum Gasteiger partial charge on any atom is -0.406 e. The number of halogens is 3.